The van der Waals surface area contributed by atoms with Gasteiger partial charge in [0.25, 0.3) is 0 Å². The molecule has 0 spiro atoms. The highest BCUT2D eigenvalue weighted by atomic mass is 32.1. The minimum atomic E-state index is 0.0849. The van der Waals surface area contributed by atoms with Gasteiger partial charge in [-0.05, 0) is 50.5 Å². The first-order valence-electron chi connectivity index (χ1n) is 12.8. The summed E-state index contributed by atoms with van der Waals surface area (Å²) >= 11 is 1.92. The summed E-state index contributed by atoms with van der Waals surface area (Å²) < 4.78 is 0. The molecule has 2 aromatic rings. The quantitative estimate of drug-likeness (QED) is 0.626. The number of anilines is 1. The highest BCUT2D eigenvalue weighted by Gasteiger charge is 2.29. The maximum absolute atomic E-state index is 12.5. The molecule has 32 heavy (non-hydrogen) atoms. The number of hydrogen-bond acceptors (Lipinski definition) is 5. The number of unbranched alkanes of at least 4 members (excludes halogenated alkanes) is 1. The van der Waals surface area contributed by atoms with Gasteiger partial charge >= 0.3 is 6.03 Å². The number of nitrogens with zero attached hydrogens (tertiary/aromatic N) is 4. The average molecular weight is 456 g/mol. The summed E-state index contributed by atoms with van der Waals surface area (Å²) in [4.78, 5) is 30.1. The van der Waals surface area contributed by atoms with E-state index < -0.39 is 0 Å². The zero-order valence-corrected chi connectivity index (χ0v) is 20.3. The molecule has 2 aromatic heterocycles. The number of thiophene rings is 1. The minimum Gasteiger partial charge on any atom is -0.352 e. The van der Waals surface area contributed by atoms with Gasteiger partial charge < -0.3 is 15.1 Å². The van der Waals surface area contributed by atoms with Crippen molar-refractivity contribution in [1.82, 2.24) is 20.2 Å². The summed E-state index contributed by atoms with van der Waals surface area (Å²) in [5.74, 6) is 2.74. The van der Waals surface area contributed by atoms with Crippen molar-refractivity contribution in [2.75, 3.05) is 37.6 Å². The van der Waals surface area contributed by atoms with Gasteiger partial charge in [-0.25, -0.2) is 14.8 Å². The first kappa shape index (κ1) is 21.9. The highest BCUT2D eigenvalue weighted by molar-refractivity contribution is 7.19. The van der Waals surface area contributed by atoms with E-state index in [0.29, 0.717) is 5.92 Å². The summed E-state index contributed by atoms with van der Waals surface area (Å²) in [6, 6.07) is 0.0849. The number of carbonyl (C=O) groups is 1. The van der Waals surface area contributed by atoms with Crippen molar-refractivity contribution in [2.24, 2.45) is 0 Å². The lowest BCUT2D eigenvalue weighted by Crippen LogP contribution is -2.52. The number of urea groups is 1. The molecule has 0 bridgehead atoms. The van der Waals surface area contributed by atoms with E-state index in [9.17, 15) is 4.79 Å². The van der Waals surface area contributed by atoms with Gasteiger partial charge in [0.2, 0.25) is 0 Å². The number of hydrogen-bond donors (Lipinski definition) is 1. The van der Waals surface area contributed by atoms with E-state index >= 15 is 0 Å². The average Bonchev–Trinajstić information content (AvgIpc) is 3.23. The smallest absolute Gasteiger partial charge is 0.317 e. The Bertz CT molecular complexity index is 943. The monoisotopic (exact) mass is 455 g/mol. The first-order chi connectivity index (χ1) is 15.7. The van der Waals surface area contributed by atoms with E-state index in [0.717, 1.165) is 63.6 Å². The standard InChI is InChI=1S/C25H37N5OS/c1-2-3-13-26-25(31)30-16-14-29(15-17-30)23-21-19-11-7-8-12-20(19)32-24(21)28-22(27-23)18-9-5-4-6-10-18/h18H,2-17H2,1H3,(H,26,31). The first-order valence-corrected chi connectivity index (χ1v) is 13.7. The summed E-state index contributed by atoms with van der Waals surface area (Å²) in [7, 11) is 0. The van der Waals surface area contributed by atoms with Crippen molar-refractivity contribution in [3.8, 4) is 0 Å². The van der Waals surface area contributed by atoms with Crippen LogP contribution in [0, 0.1) is 0 Å². The largest absolute Gasteiger partial charge is 0.352 e. The van der Waals surface area contributed by atoms with E-state index in [1.165, 1.54) is 72.0 Å². The summed E-state index contributed by atoms with van der Waals surface area (Å²) in [6.07, 6.45) is 13.5. The number of aryl methyl sites for hydroxylation is 2. The van der Waals surface area contributed by atoms with Crippen LogP contribution < -0.4 is 10.2 Å². The van der Waals surface area contributed by atoms with Gasteiger partial charge in [-0.15, -0.1) is 11.3 Å². The summed E-state index contributed by atoms with van der Waals surface area (Å²) in [5.41, 5.74) is 1.51. The van der Waals surface area contributed by atoms with Crippen molar-refractivity contribution >= 4 is 33.4 Å². The van der Waals surface area contributed by atoms with Crippen LogP contribution in [0.1, 0.15) is 86.9 Å². The van der Waals surface area contributed by atoms with Gasteiger partial charge in [-0.1, -0.05) is 32.6 Å². The van der Waals surface area contributed by atoms with Crippen molar-refractivity contribution in [3.63, 3.8) is 0 Å². The zero-order chi connectivity index (χ0) is 21.9. The zero-order valence-electron chi connectivity index (χ0n) is 19.5. The lowest BCUT2D eigenvalue weighted by atomic mass is 9.88. The van der Waals surface area contributed by atoms with Crippen LogP contribution >= 0.6 is 11.3 Å². The molecule has 0 radical (unpaired) electrons. The van der Waals surface area contributed by atoms with Crippen molar-refractivity contribution in [2.45, 2.75) is 83.5 Å². The maximum Gasteiger partial charge on any atom is 0.317 e. The third kappa shape index (κ3) is 4.45. The molecule has 7 heteroatoms. The molecule has 0 unspecified atom stereocenters. The van der Waals surface area contributed by atoms with Crippen LogP contribution in [0.3, 0.4) is 0 Å². The predicted molar refractivity (Wildman–Crippen MR) is 132 cm³/mol. The molecule has 6 nitrogen and oxygen atoms in total. The second-order valence-electron chi connectivity index (χ2n) is 9.69. The fraction of sp³-hybridized carbons (Fsp3) is 0.720. The molecule has 5 rings (SSSR count). The topological polar surface area (TPSA) is 61.4 Å². The summed E-state index contributed by atoms with van der Waals surface area (Å²) in [6.45, 7) is 6.14. The molecule has 1 aliphatic heterocycles. The van der Waals surface area contributed by atoms with Crippen LogP contribution in [-0.2, 0) is 12.8 Å². The van der Waals surface area contributed by atoms with Crippen LogP contribution in [0.2, 0.25) is 0 Å². The molecule has 0 aromatic carbocycles. The molecule has 1 saturated carbocycles. The van der Waals surface area contributed by atoms with Gasteiger partial charge in [0.15, 0.2) is 0 Å². The Balaban J connectivity index is 1.41. The van der Waals surface area contributed by atoms with Gasteiger partial charge in [0, 0.05) is 43.5 Å². The molecule has 0 atom stereocenters. The molecule has 2 fully saturated rings. The van der Waals surface area contributed by atoms with Crippen molar-refractivity contribution in [3.05, 3.63) is 16.3 Å². The number of fused-ring (bicyclic) bond motifs is 3. The molecule has 3 aliphatic rings. The minimum absolute atomic E-state index is 0.0849. The third-order valence-corrected chi connectivity index (χ3v) is 8.64. The Hall–Kier alpha value is -1.89. The lowest BCUT2D eigenvalue weighted by Gasteiger charge is -2.36. The number of piperazine rings is 1. The second kappa shape index (κ2) is 9.94. The van der Waals surface area contributed by atoms with Crippen LogP contribution in [-0.4, -0.2) is 53.6 Å². The van der Waals surface area contributed by atoms with Gasteiger partial charge in [0.1, 0.15) is 16.5 Å². The molecular formula is C25H37N5OS. The Morgan fingerprint density at radius 1 is 1.03 bits per heavy atom. The molecule has 2 aliphatic carbocycles. The fourth-order valence-electron chi connectivity index (χ4n) is 5.53. The van der Waals surface area contributed by atoms with Gasteiger partial charge in [-0.2, -0.15) is 0 Å². The Morgan fingerprint density at radius 2 is 1.81 bits per heavy atom. The van der Waals surface area contributed by atoms with E-state index in [1.54, 1.807) is 0 Å². The number of amides is 2. The lowest BCUT2D eigenvalue weighted by molar-refractivity contribution is 0.194. The van der Waals surface area contributed by atoms with Crippen LogP contribution in [0.25, 0.3) is 10.2 Å². The molecule has 3 heterocycles. The third-order valence-electron chi connectivity index (χ3n) is 7.46. The summed E-state index contributed by atoms with van der Waals surface area (Å²) in [5, 5.41) is 4.40. The van der Waals surface area contributed by atoms with Gasteiger partial charge in [0.05, 0.1) is 5.39 Å². The highest BCUT2D eigenvalue weighted by Crippen LogP contribution is 2.42. The molecule has 1 saturated heterocycles. The number of nitrogens with one attached hydrogen (secondary N) is 1. The number of carbonyl (C=O) groups excluding carboxylic acids is 1. The number of rotatable bonds is 5. The Labute approximate surface area is 195 Å². The van der Waals surface area contributed by atoms with E-state index in [-0.39, 0.29) is 6.03 Å². The van der Waals surface area contributed by atoms with E-state index in [4.69, 9.17) is 9.97 Å². The van der Waals surface area contributed by atoms with E-state index in [2.05, 4.69) is 17.1 Å². The molecular weight excluding hydrogens is 418 g/mol. The van der Waals surface area contributed by atoms with Crippen LogP contribution in [0.4, 0.5) is 10.6 Å². The Morgan fingerprint density at radius 3 is 2.59 bits per heavy atom. The molecule has 1 N–H and O–H groups in total. The van der Waals surface area contributed by atoms with Crippen LogP contribution in [0.15, 0.2) is 0 Å². The maximum atomic E-state index is 12.5. The Kier molecular flexibility index (Phi) is 6.81. The fourth-order valence-corrected chi connectivity index (χ4v) is 6.79. The van der Waals surface area contributed by atoms with Crippen molar-refractivity contribution < 1.29 is 4.79 Å². The SMILES string of the molecule is CCCCNC(=O)N1CCN(c2nc(C3CCCCC3)nc3sc4c(c23)CCCC4)CC1. The van der Waals surface area contributed by atoms with Gasteiger partial charge in [-0.3, -0.25) is 0 Å². The normalized spacial score (nSPS) is 19.9. The molecule has 2 amide bonds. The van der Waals surface area contributed by atoms with Crippen molar-refractivity contribution in [1.29, 1.82) is 0 Å². The predicted octanol–water partition coefficient (Wildman–Crippen LogP) is 5.25. The molecule has 174 valence electrons. The number of aromatic nitrogens is 2. The second-order valence-corrected chi connectivity index (χ2v) is 10.8. The van der Waals surface area contributed by atoms with E-state index in [1.807, 2.05) is 16.2 Å². The van der Waals surface area contributed by atoms with Crippen LogP contribution in [0.5, 0.6) is 0 Å².